The van der Waals surface area contributed by atoms with E-state index in [0.29, 0.717) is 12.5 Å². The molecule has 2 aromatic rings. The van der Waals surface area contributed by atoms with E-state index in [4.69, 9.17) is 9.26 Å². The molecular weight excluding hydrogens is 354 g/mol. The van der Waals surface area contributed by atoms with Gasteiger partial charge in [-0.1, -0.05) is 49.3 Å². The first-order valence-electron chi connectivity index (χ1n) is 9.93. The standard InChI is InChI=1S/C21H31N5O2/c1-16(2)14-26-9-10-27-19(15-26)13-24-21(22-3)23-12-18-11-20(28-25-18)17-7-5-4-6-8-17/h4-8,11,16,19H,9-10,12-15H2,1-3H3,(H2,22,23,24). The molecule has 2 heterocycles. The van der Waals surface area contributed by atoms with Gasteiger partial charge in [0.05, 0.1) is 19.3 Å². The number of rotatable bonds is 7. The monoisotopic (exact) mass is 385 g/mol. The van der Waals surface area contributed by atoms with Crippen molar-refractivity contribution in [3.8, 4) is 11.3 Å². The van der Waals surface area contributed by atoms with Crippen molar-refractivity contribution in [1.29, 1.82) is 0 Å². The Morgan fingerprint density at radius 1 is 1.29 bits per heavy atom. The maximum Gasteiger partial charge on any atom is 0.191 e. The molecule has 1 saturated heterocycles. The lowest BCUT2D eigenvalue weighted by molar-refractivity contribution is -0.0284. The second kappa shape index (κ2) is 10.2. The molecule has 1 aromatic heterocycles. The van der Waals surface area contributed by atoms with Crippen molar-refractivity contribution in [3.63, 3.8) is 0 Å². The summed E-state index contributed by atoms with van der Waals surface area (Å²) >= 11 is 0. The predicted molar refractivity (Wildman–Crippen MR) is 111 cm³/mol. The quantitative estimate of drug-likeness (QED) is 0.563. The molecular formula is C21H31N5O2. The third-order valence-corrected chi connectivity index (χ3v) is 4.62. The molecule has 0 saturated carbocycles. The van der Waals surface area contributed by atoms with E-state index in [2.05, 4.69) is 39.5 Å². The molecule has 0 radical (unpaired) electrons. The molecule has 0 bridgehead atoms. The van der Waals surface area contributed by atoms with E-state index in [-0.39, 0.29) is 6.10 Å². The van der Waals surface area contributed by atoms with Crippen LogP contribution in [-0.4, -0.2) is 62.0 Å². The summed E-state index contributed by atoms with van der Waals surface area (Å²) in [5.41, 5.74) is 1.85. The van der Waals surface area contributed by atoms with Crippen LogP contribution in [0.15, 0.2) is 45.9 Å². The molecule has 1 aliphatic rings. The van der Waals surface area contributed by atoms with Gasteiger partial charge in [-0.05, 0) is 5.92 Å². The van der Waals surface area contributed by atoms with Crippen LogP contribution in [0.3, 0.4) is 0 Å². The topological polar surface area (TPSA) is 74.9 Å². The van der Waals surface area contributed by atoms with Crippen molar-refractivity contribution < 1.29 is 9.26 Å². The molecule has 7 nitrogen and oxygen atoms in total. The number of benzene rings is 1. The Kier molecular flexibility index (Phi) is 7.45. The Morgan fingerprint density at radius 3 is 2.86 bits per heavy atom. The molecule has 1 aliphatic heterocycles. The molecule has 0 spiro atoms. The molecule has 0 aliphatic carbocycles. The van der Waals surface area contributed by atoms with Crippen LogP contribution in [0.4, 0.5) is 0 Å². The van der Waals surface area contributed by atoms with Gasteiger partial charge in [0.25, 0.3) is 0 Å². The van der Waals surface area contributed by atoms with E-state index in [1.165, 1.54) is 0 Å². The van der Waals surface area contributed by atoms with Crippen LogP contribution in [0.2, 0.25) is 0 Å². The molecule has 2 N–H and O–H groups in total. The summed E-state index contributed by atoms with van der Waals surface area (Å²) in [5, 5.41) is 10.8. The average Bonchev–Trinajstić information content (AvgIpc) is 3.18. The fraction of sp³-hybridized carbons (Fsp3) is 0.524. The minimum atomic E-state index is 0.169. The highest BCUT2D eigenvalue weighted by Gasteiger charge is 2.21. The number of hydrogen-bond donors (Lipinski definition) is 2. The second-order valence-corrected chi connectivity index (χ2v) is 7.50. The first-order valence-corrected chi connectivity index (χ1v) is 9.93. The SMILES string of the molecule is CN=C(NCc1cc(-c2ccccc2)on1)NCC1CN(CC(C)C)CCO1. The summed E-state index contributed by atoms with van der Waals surface area (Å²) in [4.78, 5) is 6.76. The number of guanidine groups is 1. The van der Waals surface area contributed by atoms with Gasteiger partial charge in [-0.25, -0.2) is 0 Å². The van der Waals surface area contributed by atoms with Gasteiger partial charge in [0.15, 0.2) is 11.7 Å². The molecule has 152 valence electrons. The number of hydrogen-bond acceptors (Lipinski definition) is 5. The van der Waals surface area contributed by atoms with Crippen LogP contribution in [0.5, 0.6) is 0 Å². The fourth-order valence-electron chi connectivity index (χ4n) is 3.33. The Labute approximate surface area is 167 Å². The van der Waals surface area contributed by atoms with Gasteiger partial charge < -0.3 is 19.9 Å². The van der Waals surface area contributed by atoms with E-state index in [9.17, 15) is 0 Å². The Morgan fingerprint density at radius 2 is 2.11 bits per heavy atom. The molecule has 28 heavy (non-hydrogen) atoms. The lowest BCUT2D eigenvalue weighted by Gasteiger charge is -2.34. The highest BCUT2D eigenvalue weighted by molar-refractivity contribution is 5.79. The van der Waals surface area contributed by atoms with Gasteiger partial charge in [0, 0.05) is 44.9 Å². The zero-order chi connectivity index (χ0) is 19.8. The normalized spacial score (nSPS) is 18.4. The van der Waals surface area contributed by atoms with Crippen molar-refractivity contribution in [1.82, 2.24) is 20.7 Å². The van der Waals surface area contributed by atoms with Gasteiger partial charge in [0.1, 0.15) is 5.69 Å². The molecule has 3 rings (SSSR count). The largest absolute Gasteiger partial charge is 0.374 e. The van der Waals surface area contributed by atoms with Crippen LogP contribution in [0.25, 0.3) is 11.3 Å². The van der Waals surface area contributed by atoms with E-state index in [0.717, 1.165) is 55.8 Å². The van der Waals surface area contributed by atoms with Crippen LogP contribution in [-0.2, 0) is 11.3 Å². The smallest absolute Gasteiger partial charge is 0.191 e. The number of aliphatic imine (C=N–C) groups is 1. The molecule has 0 amide bonds. The van der Waals surface area contributed by atoms with Crippen molar-refractivity contribution >= 4 is 5.96 Å². The lowest BCUT2D eigenvalue weighted by Crippen LogP contribution is -2.50. The maximum absolute atomic E-state index is 5.89. The van der Waals surface area contributed by atoms with Crippen LogP contribution < -0.4 is 10.6 Å². The molecule has 1 atom stereocenters. The van der Waals surface area contributed by atoms with Crippen LogP contribution >= 0.6 is 0 Å². The highest BCUT2D eigenvalue weighted by atomic mass is 16.5. The van der Waals surface area contributed by atoms with Crippen molar-refractivity contribution in [2.45, 2.75) is 26.5 Å². The van der Waals surface area contributed by atoms with Crippen molar-refractivity contribution in [2.24, 2.45) is 10.9 Å². The number of nitrogens with one attached hydrogen (secondary N) is 2. The zero-order valence-corrected chi connectivity index (χ0v) is 17.0. The Balaban J connectivity index is 1.44. The summed E-state index contributed by atoms with van der Waals surface area (Å²) in [5.74, 6) is 2.17. The van der Waals surface area contributed by atoms with Gasteiger partial charge >= 0.3 is 0 Å². The number of aromatic nitrogens is 1. The predicted octanol–water partition coefficient (Wildman–Crippen LogP) is 2.36. The van der Waals surface area contributed by atoms with Crippen LogP contribution in [0, 0.1) is 5.92 Å². The van der Waals surface area contributed by atoms with E-state index in [1.54, 1.807) is 7.05 Å². The van der Waals surface area contributed by atoms with Crippen LogP contribution in [0.1, 0.15) is 19.5 Å². The minimum absolute atomic E-state index is 0.169. The first kappa shape index (κ1) is 20.4. The van der Waals surface area contributed by atoms with Gasteiger partial charge in [-0.15, -0.1) is 0 Å². The van der Waals surface area contributed by atoms with E-state index < -0.39 is 0 Å². The molecule has 1 fully saturated rings. The highest BCUT2D eigenvalue weighted by Crippen LogP contribution is 2.19. The minimum Gasteiger partial charge on any atom is -0.374 e. The van der Waals surface area contributed by atoms with Gasteiger partial charge in [0.2, 0.25) is 0 Å². The number of ether oxygens (including phenoxy) is 1. The molecule has 1 unspecified atom stereocenters. The molecule has 1 aromatic carbocycles. The van der Waals surface area contributed by atoms with Gasteiger partial charge in [-0.2, -0.15) is 0 Å². The number of morpholine rings is 1. The zero-order valence-electron chi connectivity index (χ0n) is 17.0. The maximum atomic E-state index is 5.89. The van der Waals surface area contributed by atoms with E-state index in [1.807, 2.05) is 36.4 Å². The third-order valence-electron chi connectivity index (χ3n) is 4.62. The molecule has 7 heteroatoms. The summed E-state index contributed by atoms with van der Waals surface area (Å²) in [6.45, 7) is 9.63. The first-order chi connectivity index (χ1) is 13.6. The van der Waals surface area contributed by atoms with Crippen molar-refractivity contribution in [2.75, 3.05) is 39.8 Å². The second-order valence-electron chi connectivity index (χ2n) is 7.50. The third kappa shape index (κ3) is 6.07. The van der Waals surface area contributed by atoms with Gasteiger partial charge in [-0.3, -0.25) is 9.89 Å². The van der Waals surface area contributed by atoms with Crippen molar-refractivity contribution in [3.05, 3.63) is 42.1 Å². The fourth-order valence-corrected chi connectivity index (χ4v) is 3.33. The average molecular weight is 386 g/mol. The summed E-state index contributed by atoms with van der Waals surface area (Å²) in [7, 11) is 1.76. The lowest BCUT2D eigenvalue weighted by atomic mass is 10.2. The summed E-state index contributed by atoms with van der Waals surface area (Å²) in [6, 6.07) is 11.9. The number of nitrogens with zero attached hydrogens (tertiary/aromatic N) is 3. The summed E-state index contributed by atoms with van der Waals surface area (Å²) < 4.78 is 11.3. The Bertz CT molecular complexity index is 744. The summed E-state index contributed by atoms with van der Waals surface area (Å²) in [6.07, 6.45) is 0.169. The van der Waals surface area contributed by atoms with E-state index >= 15 is 0 Å². The Hall–Kier alpha value is -2.38.